The van der Waals surface area contributed by atoms with Gasteiger partial charge in [-0.15, -0.1) is 0 Å². The predicted octanol–water partition coefficient (Wildman–Crippen LogP) is 3.36. The molecule has 5 heteroatoms. The topological polar surface area (TPSA) is 69.6 Å². The average molecular weight is 330 g/mol. The fourth-order valence-electron chi connectivity index (χ4n) is 1.95. The van der Waals surface area contributed by atoms with Gasteiger partial charge in [0.05, 0.1) is 12.2 Å². The molecule has 0 fully saturated rings. The maximum absolute atomic E-state index is 11.3. The van der Waals surface area contributed by atoms with Crippen molar-refractivity contribution < 1.29 is 15.0 Å². The molecule has 0 bridgehead atoms. The van der Waals surface area contributed by atoms with Gasteiger partial charge in [0.15, 0.2) is 0 Å². The molecule has 1 aromatic carbocycles. The van der Waals surface area contributed by atoms with E-state index >= 15 is 0 Å². The SMILES string of the molecule is CCC(CC)(CO)CNc1cccc(Br)c1C(=O)O. The van der Waals surface area contributed by atoms with Crippen LogP contribution in [0.2, 0.25) is 0 Å². The van der Waals surface area contributed by atoms with Crippen LogP contribution in [-0.2, 0) is 0 Å². The lowest BCUT2D eigenvalue weighted by atomic mass is 9.83. The second kappa shape index (κ2) is 6.91. The number of anilines is 1. The first-order valence-corrected chi connectivity index (χ1v) is 7.15. The Hall–Kier alpha value is -1.07. The van der Waals surface area contributed by atoms with Crippen molar-refractivity contribution in [2.45, 2.75) is 26.7 Å². The lowest BCUT2D eigenvalue weighted by Crippen LogP contribution is -2.32. The number of benzene rings is 1. The monoisotopic (exact) mass is 329 g/mol. The van der Waals surface area contributed by atoms with Crippen LogP contribution in [0.25, 0.3) is 0 Å². The fourth-order valence-corrected chi connectivity index (χ4v) is 2.49. The van der Waals surface area contributed by atoms with Gasteiger partial charge in [0.2, 0.25) is 0 Å². The second-order valence-electron chi connectivity index (χ2n) is 4.69. The van der Waals surface area contributed by atoms with Crippen LogP contribution in [0, 0.1) is 5.41 Å². The smallest absolute Gasteiger partial charge is 0.338 e. The highest BCUT2D eigenvalue weighted by Crippen LogP contribution is 2.29. The molecular formula is C14H20BrNO3. The van der Waals surface area contributed by atoms with Crippen LogP contribution in [0.4, 0.5) is 5.69 Å². The van der Waals surface area contributed by atoms with E-state index in [1.807, 2.05) is 13.8 Å². The summed E-state index contributed by atoms with van der Waals surface area (Å²) in [5.74, 6) is -0.974. The van der Waals surface area contributed by atoms with Gasteiger partial charge < -0.3 is 15.5 Å². The number of carboxylic acids is 1. The quantitative estimate of drug-likeness (QED) is 0.717. The van der Waals surface area contributed by atoms with Gasteiger partial charge in [-0.2, -0.15) is 0 Å². The maximum Gasteiger partial charge on any atom is 0.338 e. The summed E-state index contributed by atoms with van der Waals surface area (Å²) in [5, 5.41) is 21.9. The Morgan fingerprint density at radius 3 is 2.47 bits per heavy atom. The van der Waals surface area contributed by atoms with Crippen molar-refractivity contribution in [1.82, 2.24) is 0 Å². The van der Waals surface area contributed by atoms with Crippen LogP contribution < -0.4 is 5.32 Å². The van der Waals surface area contributed by atoms with Gasteiger partial charge in [0.25, 0.3) is 0 Å². The van der Waals surface area contributed by atoms with Crippen molar-refractivity contribution >= 4 is 27.6 Å². The normalized spacial score (nSPS) is 11.4. The van der Waals surface area contributed by atoms with Crippen molar-refractivity contribution in [3.63, 3.8) is 0 Å². The Labute approximate surface area is 122 Å². The van der Waals surface area contributed by atoms with Crippen LogP contribution in [0.3, 0.4) is 0 Å². The van der Waals surface area contributed by atoms with Gasteiger partial charge in [0, 0.05) is 22.1 Å². The van der Waals surface area contributed by atoms with Gasteiger partial charge in [-0.05, 0) is 40.9 Å². The molecule has 0 atom stereocenters. The van der Waals surface area contributed by atoms with E-state index < -0.39 is 5.97 Å². The van der Waals surface area contributed by atoms with Gasteiger partial charge in [-0.3, -0.25) is 0 Å². The molecule has 0 aromatic heterocycles. The summed E-state index contributed by atoms with van der Waals surface area (Å²) in [6.45, 7) is 4.69. The van der Waals surface area contributed by atoms with Crippen molar-refractivity contribution in [2.24, 2.45) is 5.41 Å². The van der Waals surface area contributed by atoms with E-state index in [1.165, 1.54) is 0 Å². The molecule has 0 radical (unpaired) electrons. The number of hydrogen-bond acceptors (Lipinski definition) is 3. The maximum atomic E-state index is 11.3. The minimum Gasteiger partial charge on any atom is -0.478 e. The van der Waals surface area contributed by atoms with E-state index in [2.05, 4.69) is 21.2 Å². The van der Waals surface area contributed by atoms with Crippen LogP contribution >= 0.6 is 15.9 Å². The van der Waals surface area contributed by atoms with Crippen molar-refractivity contribution in [1.29, 1.82) is 0 Å². The average Bonchev–Trinajstić information content (AvgIpc) is 2.40. The molecule has 0 spiro atoms. The number of hydrogen-bond donors (Lipinski definition) is 3. The zero-order chi connectivity index (χ0) is 14.5. The summed E-state index contributed by atoms with van der Waals surface area (Å²) in [7, 11) is 0. The molecule has 1 rings (SSSR count). The molecule has 0 heterocycles. The van der Waals surface area contributed by atoms with Crippen molar-refractivity contribution in [2.75, 3.05) is 18.5 Å². The summed E-state index contributed by atoms with van der Waals surface area (Å²) < 4.78 is 0.549. The fraction of sp³-hybridized carbons (Fsp3) is 0.500. The van der Waals surface area contributed by atoms with Crippen molar-refractivity contribution in [3.05, 3.63) is 28.2 Å². The van der Waals surface area contributed by atoms with Gasteiger partial charge in [-0.25, -0.2) is 4.79 Å². The Kier molecular flexibility index (Phi) is 5.82. The highest BCUT2D eigenvalue weighted by molar-refractivity contribution is 9.10. The van der Waals surface area contributed by atoms with E-state index in [4.69, 9.17) is 0 Å². The van der Waals surface area contributed by atoms with Crippen LogP contribution in [0.1, 0.15) is 37.0 Å². The van der Waals surface area contributed by atoms with Crippen LogP contribution in [0.5, 0.6) is 0 Å². The number of halogens is 1. The largest absolute Gasteiger partial charge is 0.478 e. The van der Waals surface area contributed by atoms with Gasteiger partial charge in [0.1, 0.15) is 0 Å². The number of aliphatic hydroxyl groups is 1. The molecule has 0 saturated heterocycles. The third-order valence-electron chi connectivity index (χ3n) is 3.72. The molecule has 0 aliphatic heterocycles. The lowest BCUT2D eigenvalue weighted by Gasteiger charge is -2.30. The Balaban J connectivity index is 2.95. The molecule has 0 unspecified atom stereocenters. The molecule has 19 heavy (non-hydrogen) atoms. The van der Waals surface area contributed by atoms with Gasteiger partial charge >= 0.3 is 5.97 Å². The van der Waals surface area contributed by atoms with Crippen molar-refractivity contribution in [3.8, 4) is 0 Å². The van der Waals surface area contributed by atoms with Crippen LogP contribution in [-0.4, -0.2) is 29.3 Å². The number of nitrogens with one attached hydrogen (secondary N) is 1. The summed E-state index contributed by atoms with van der Waals surface area (Å²) in [6.07, 6.45) is 1.67. The summed E-state index contributed by atoms with van der Waals surface area (Å²) in [6, 6.07) is 5.23. The molecule has 4 nitrogen and oxygen atoms in total. The zero-order valence-electron chi connectivity index (χ0n) is 11.2. The van der Waals surface area contributed by atoms with E-state index in [0.717, 1.165) is 12.8 Å². The van der Waals surface area contributed by atoms with Gasteiger partial charge in [-0.1, -0.05) is 19.9 Å². The summed E-state index contributed by atoms with van der Waals surface area (Å²) >= 11 is 3.25. The number of aromatic carboxylic acids is 1. The number of aliphatic hydroxyl groups excluding tert-OH is 1. The summed E-state index contributed by atoms with van der Waals surface area (Å²) in [5.41, 5.74) is 0.584. The standard InChI is InChI=1S/C14H20BrNO3/c1-3-14(4-2,9-17)8-16-11-7-5-6-10(15)12(11)13(18)19/h5-7,16-17H,3-4,8-9H2,1-2H3,(H,18,19). The first kappa shape index (κ1) is 16.0. The van der Waals surface area contributed by atoms with E-state index in [-0.39, 0.29) is 17.6 Å². The third kappa shape index (κ3) is 3.70. The lowest BCUT2D eigenvalue weighted by molar-refractivity contribution is 0.0697. The third-order valence-corrected chi connectivity index (χ3v) is 4.38. The highest BCUT2D eigenvalue weighted by Gasteiger charge is 2.25. The number of carbonyl (C=O) groups is 1. The molecule has 0 amide bonds. The molecule has 3 N–H and O–H groups in total. The van der Waals surface area contributed by atoms with E-state index in [1.54, 1.807) is 18.2 Å². The summed E-state index contributed by atoms with van der Waals surface area (Å²) in [4.78, 5) is 11.3. The van der Waals surface area contributed by atoms with E-state index in [0.29, 0.717) is 16.7 Å². The number of rotatable bonds is 7. The molecule has 0 aliphatic carbocycles. The minimum atomic E-state index is -0.974. The second-order valence-corrected chi connectivity index (χ2v) is 5.54. The molecule has 106 valence electrons. The zero-order valence-corrected chi connectivity index (χ0v) is 12.8. The Bertz CT molecular complexity index is 436. The Morgan fingerprint density at radius 2 is 2.00 bits per heavy atom. The molecule has 1 aromatic rings. The molecular weight excluding hydrogens is 310 g/mol. The highest BCUT2D eigenvalue weighted by atomic mass is 79.9. The molecule has 0 aliphatic rings. The number of carboxylic acid groups (broad SMARTS) is 1. The predicted molar refractivity (Wildman–Crippen MR) is 79.7 cm³/mol. The van der Waals surface area contributed by atoms with Crippen LogP contribution in [0.15, 0.2) is 22.7 Å². The Morgan fingerprint density at radius 1 is 1.37 bits per heavy atom. The van der Waals surface area contributed by atoms with E-state index in [9.17, 15) is 15.0 Å². The first-order valence-electron chi connectivity index (χ1n) is 6.36. The molecule has 0 saturated carbocycles. The first-order chi connectivity index (χ1) is 8.99. The minimum absolute atomic E-state index is 0.0867.